The van der Waals surface area contributed by atoms with E-state index in [0.29, 0.717) is 23.5 Å². The lowest BCUT2D eigenvalue weighted by molar-refractivity contribution is 0.199. The van der Waals surface area contributed by atoms with Crippen LogP contribution in [0.25, 0.3) is 0 Å². The van der Waals surface area contributed by atoms with E-state index in [1.165, 1.54) is 16.3 Å². The summed E-state index contributed by atoms with van der Waals surface area (Å²) >= 11 is 1.23. The van der Waals surface area contributed by atoms with Crippen LogP contribution in [0.2, 0.25) is 0 Å². The molecule has 2 heterocycles. The zero-order valence-corrected chi connectivity index (χ0v) is 12.1. The van der Waals surface area contributed by atoms with E-state index in [1.807, 2.05) is 0 Å². The molecule has 0 aromatic carbocycles. The summed E-state index contributed by atoms with van der Waals surface area (Å²) in [7, 11) is 3.31. The van der Waals surface area contributed by atoms with Crippen molar-refractivity contribution in [2.45, 2.75) is 16.9 Å². The molecule has 0 aliphatic rings. The van der Waals surface area contributed by atoms with Crippen molar-refractivity contribution in [3.05, 3.63) is 28.4 Å². The number of rotatable bonds is 7. The van der Waals surface area contributed by atoms with Crippen LogP contribution in [-0.2, 0) is 18.3 Å². The summed E-state index contributed by atoms with van der Waals surface area (Å²) in [6.07, 6.45) is 3.50. The van der Waals surface area contributed by atoms with E-state index in [9.17, 15) is 4.79 Å². The Labute approximate surface area is 120 Å². The molecule has 0 radical (unpaired) electrons. The van der Waals surface area contributed by atoms with Crippen LogP contribution < -0.4 is 11.0 Å². The van der Waals surface area contributed by atoms with Gasteiger partial charge in [-0.3, -0.25) is 4.57 Å². The van der Waals surface area contributed by atoms with Crippen molar-refractivity contribution in [1.29, 1.82) is 0 Å². The number of aromatic amines is 1. The van der Waals surface area contributed by atoms with Gasteiger partial charge >= 0.3 is 5.69 Å². The zero-order chi connectivity index (χ0) is 14.4. The molecule has 0 aliphatic heterocycles. The minimum atomic E-state index is -0.258. The molecule has 0 saturated heterocycles. The Morgan fingerprint density at radius 3 is 2.80 bits per heavy atom. The van der Waals surface area contributed by atoms with Gasteiger partial charge < -0.3 is 10.1 Å². The monoisotopic (exact) mass is 296 g/mol. The molecular formula is C11H16N6O2S. The predicted octanol–water partition coefficient (Wildman–Crippen LogP) is -0.214. The van der Waals surface area contributed by atoms with Gasteiger partial charge in [0.05, 0.1) is 6.61 Å². The number of nitrogens with zero attached hydrogens (tertiary/aromatic N) is 4. The zero-order valence-electron chi connectivity index (χ0n) is 11.3. The van der Waals surface area contributed by atoms with Gasteiger partial charge in [-0.15, -0.1) is 5.10 Å². The summed E-state index contributed by atoms with van der Waals surface area (Å²) in [5, 5.41) is 10.5. The average molecular weight is 296 g/mol. The van der Waals surface area contributed by atoms with Crippen LogP contribution in [0.1, 0.15) is 5.56 Å². The Hall–Kier alpha value is -1.71. The molecule has 0 aliphatic carbocycles. The largest absolute Gasteiger partial charge is 0.383 e. The van der Waals surface area contributed by atoms with E-state index in [-0.39, 0.29) is 5.69 Å². The fourth-order valence-electron chi connectivity index (χ4n) is 1.40. The van der Waals surface area contributed by atoms with Gasteiger partial charge in [-0.2, -0.15) is 0 Å². The first kappa shape index (κ1) is 14.7. The summed E-state index contributed by atoms with van der Waals surface area (Å²) in [5.41, 5.74) is 0.729. The van der Waals surface area contributed by atoms with Crippen LogP contribution in [0.5, 0.6) is 0 Å². The number of hydrogen-bond donors (Lipinski definition) is 2. The fourth-order valence-corrected chi connectivity index (χ4v) is 2.08. The second kappa shape index (κ2) is 7.17. The van der Waals surface area contributed by atoms with Crippen LogP contribution in [0.3, 0.4) is 0 Å². The SMILES string of the molecule is COCCNCc1cnc(Sc2n[nH]c(=O)n2C)nc1. The predicted molar refractivity (Wildman–Crippen MR) is 73.6 cm³/mol. The normalized spacial score (nSPS) is 10.9. The summed E-state index contributed by atoms with van der Waals surface area (Å²) in [4.78, 5) is 19.7. The molecular weight excluding hydrogens is 280 g/mol. The van der Waals surface area contributed by atoms with Gasteiger partial charge in [0.25, 0.3) is 0 Å². The molecule has 2 N–H and O–H groups in total. The van der Waals surface area contributed by atoms with Crippen molar-refractivity contribution >= 4 is 11.8 Å². The van der Waals surface area contributed by atoms with Crippen molar-refractivity contribution < 1.29 is 4.74 Å². The van der Waals surface area contributed by atoms with Crippen molar-refractivity contribution in [2.75, 3.05) is 20.3 Å². The number of nitrogens with one attached hydrogen (secondary N) is 2. The lowest BCUT2D eigenvalue weighted by Gasteiger charge is -2.04. The molecule has 2 aromatic rings. The molecule has 0 unspecified atom stereocenters. The Bertz CT molecular complexity index is 594. The maximum absolute atomic E-state index is 11.2. The van der Waals surface area contributed by atoms with E-state index < -0.39 is 0 Å². The van der Waals surface area contributed by atoms with Crippen LogP contribution in [0.4, 0.5) is 0 Å². The van der Waals surface area contributed by atoms with Crippen LogP contribution in [-0.4, -0.2) is 45.0 Å². The van der Waals surface area contributed by atoms with E-state index in [1.54, 1.807) is 26.6 Å². The Balaban J connectivity index is 1.91. The number of H-pyrrole nitrogens is 1. The number of ether oxygens (including phenoxy) is 1. The smallest absolute Gasteiger partial charge is 0.343 e. The van der Waals surface area contributed by atoms with E-state index in [0.717, 1.165) is 12.1 Å². The second-order valence-electron chi connectivity index (χ2n) is 4.02. The highest BCUT2D eigenvalue weighted by molar-refractivity contribution is 7.99. The van der Waals surface area contributed by atoms with Crippen molar-refractivity contribution in [3.8, 4) is 0 Å². The standard InChI is InChI=1S/C11H16N6O2S/c1-17-10(18)15-16-11(17)20-9-13-6-8(7-14-9)5-12-3-4-19-2/h6-7,12H,3-5H2,1-2H3,(H,15,18). The van der Waals surface area contributed by atoms with E-state index in [2.05, 4.69) is 25.5 Å². The maximum Gasteiger partial charge on any atom is 0.343 e. The van der Waals surface area contributed by atoms with Crippen LogP contribution in [0.15, 0.2) is 27.5 Å². The molecule has 0 saturated carbocycles. The molecule has 0 fully saturated rings. The lowest BCUT2D eigenvalue weighted by Crippen LogP contribution is -2.18. The molecule has 8 nitrogen and oxygen atoms in total. The van der Waals surface area contributed by atoms with E-state index in [4.69, 9.17) is 4.74 Å². The highest BCUT2D eigenvalue weighted by atomic mass is 32.2. The topological polar surface area (TPSA) is 97.7 Å². The molecule has 0 spiro atoms. The number of aromatic nitrogens is 5. The third-order valence-electron chi connectivity index (χ3n) is 2.52. The minimum Gasteiger partial charge on any atom is -0.383 e. The molecule has 9 heteroatoms. The Morgan fingerprint density at radius 2 is 2.20 bits per heavy atom. The maximum atomic E-state index is 11.2. The van der Waals surface area contributed by atoms with Gasteiger partial charge in [0, 0.05) is 45.2 Å². The van der Waals surface area contributed by atoms with Gasteiger partial charge in [0.15, 0.2) is 10.3 Å². The fraction of sp³-hybridized carbons (Fsp3) is 0.455. The van der Waals surface area contributed by atoms with Crippen LogP contribution in [0, 0.1) is 0 Å². The van der Waals surface area contributed by atoms with Gasteiger partial charge in [-0.05, 0) is 11.8 Å². The number of methoxy groups -OCH3 is 1. The summed E-state index contributed by atoms with van der Waals surface area (Å²) in [6, 6.07) is 0. The highest BCUT2D eigenvalue weighted by Gasteiger charge is 2.08. The van der Waals surface area contributed by atoms with Crippen molar-refractivity contribution in [1.82, 2.24) is 30.0 Å². The van der Waals surface area contributed by atoms with Crippen molar-refractivity contribution in [2.24, 2.45) is 7.05 Å². The lowest BCUT2D eigenvalue weighted by atomic mass is 10.3. The summed E-state index contributed by atoms with van der Waals surface area (Å²) in [5.74, 6) is 0. The third kappa shape index (κ3) is 3.89. The first-order valence-electron chi connectivity index (χ1n) is 6.00. The molecule has 0 atom stereocenters. The number of hydrogen-bond acceptors (Lipinski definition) is 7. The molecule has 0 amide bonds. The second-order valence-corrected chi connectivity index (χ2v) is 4.95. The van der Waals surface area contributed by atoms with Gasteiger partial charge in [-0.25, -0.2) is 19.9 Å². The van der Waals surface area contributed by atoms with Gasteiger partial charge in [-0.1, -0.05) is 0 Å². The first-order valence-corrected chi connectivity index (χ1v) is 6.82. The van der Waals surface area contributed by atoms with E-state index >= 15 is 0 Å². The third-order valence-corrected chi connectivity index (χ3v) is 3.46. The molecule has 0 bridgehead atoms. The molecule has 2 rings (SSSR count). The molecule has 108 valence electrons. The van der Waals surface area contributed by atoms with Gasteiger partial charge in [0.2, 0.25) is 0 Å². The Morgan fingerprint density at radius 1 is 1.45 bits per heavy atom. The molecule has 20 heavy (non-hydrogen) atoms. The van der Waals surface area contributed by atoms with Gasteiger partial charge in [0.1, 0.15) is 0 Å². The summed E-state index contributed by atoms with van der Waals surface area (Å²) in [6.45, 7) is 2.14. The summed E-state index contributed by atoms with van der Waals surface area (Å²) < 4.78 is 6.35. The van der Waals surface area contributed by atoms with Crippen LogP contribution >= 0.6 is 11.8 Å². The van der Waals surface area contributed by atoms with Crippen molar-refractivity contribution in [3.63, 3.8) is 0 Å². The molecule has 2 aromatic heterocycles. The Kier molecular flexibility index (Phi) is 5.27. The highest BCUT2D eigenvalue weighted by Crippen LogP contribution is 2.19. The minimum absolute atomic E-state index is 0.258. The first-order chi connectivity index (χ1) is 9.70. The average Bonchev–Trinajstić information content (AvgIpc) is 2.77. The quantitative estimate of drug-likeness (QED) is 0.538.